The van der Waals surface area contributed by atoms with Gasteiger partial charge in [-0.05, 0) is 47.7 Å². The number of imide groups is 1. The van der Waals surface area contributed by atoms with E-state index >= 15 is 0 Å². The monoisotopic (exact) mass is 486 g/mol. The third-order valence-corrected chi connectivity index (χ3v) is 5.97. The first kappa shape index (κ1) is 26.6. The minimum absolute atomic E-state index is 0.151. The number of hydroxylamine groups is 2. The molecular formula is C26H34N2O7. The first-order chi connectivity index (χ1) is 16.8. The number of aliphatic hydroxyl groups excluding tert-OH is 1. The van der Waals surface area contributed by atoms with Crippen LogP contribution >= 0.6 is 0 Å². The summed E-state index contributed by atoms with van der Waals surface area (Å²) in [6, 6.07) is 12.5. The number of methoxy groups -OCH3 is 3. The van der Waals surface area contributed by atoms with Gasteiger partial charge < -0.3 is 19.3 Å². The molecule has 2 aromatic rings. The van der Waals surface area contributed by atoms with Crippen LogP contribution in [0, 0.1) is 5.92 Å². The molecule has 1 fully saturated rings. The molecule has 0 saturated carbocycles. The van der Waals surface area contributed by atoms with Crippen molar-refractivity contribution >= 4 is 11.8 Å². The van der Waals surface area contributed by atoms with Crippen LogP contribution in [0.25, 0.3) is 0 Å². The summed E-state index contributed by atoms with van der Waals surface area (Å²) in [5, 5.41) is 12.2. The summed E-state index contributed by atoms with van der Waals surface area (Å²) in [6.07, 6.45) is -0.746. The third-order valence-electron chi connectivity index (χ3n) is 5.97. The van der Waals surface area contributed by atoms with Crippen LogP contribution in [-0.2, 0) is 25.7 Å². The van der Waals surface area contributed by atoms with Gasteiger partial charge in [0.1, 0.15) is 23.6 Å². The van der Waals surface area contributed by atoms with Crippen molar-refractivity contribution in [2.75, 3.05) is 28.1 Å². The van der Waals surface area contributed by atoms with E-state index in [9.17, 15) is 14.7 Å². The third kappa shape index (κ3) is 6.18. The molecule has 0 aromatic heterocycles. The van der Waals surface area contributed by atoms with E-state index in [1.54, 1.807) is 43.4 Å². The minimum Gasteiger partial charge on any atom is -0.497 e. The fourth-order valence-electron chi connectivity index (χ4n) is 4.21. The van der Waals surface area contributed by atoms with Crippen molar-refractivity contribution in [1.29, 1.82) is 0 Å². The summed E-state index contributed by atoms with van der Waals surface area (Å²) < 4.78 is 15.4. The lowest BCUT2D eigenvalue weighted by molar-refractivity contribution is -0.238. The van der Waals surface area contributed by atoms with Crippen LogP contribution in [0.4, 0.5) is 0 Å². The van der Waals surface area contributed by atoms with E-state index in [0.29, 0.717) is 23.5 Å². The van der Waals surface area contributed by atoms with Gasteiger partial charge in [0.15, 0.2) is 6.79 Å². The number of piperazine rings is 1. The molecule has 0 spiro atoms. The number of benzene rings is 2. The SMILES string of the molecule is COCON1C(=O)C(CC(C)C)N(Cc2ccc(OC)cc2)C(C(O)c2ccc(OC)cc2)C1=O. The molecule has 3 rings (SSSR count). The van der Waals surface area contributed by atoms with Crippen LogP contribution in [0.1, 0.15) is 37.5 Å². The number of hydrogen-bond donors (Lipinski definition) is 1. The maximum absolute atomic E-state index is 13.6. The lowest BCUT2D eigenvalue weighted by Gasteiger charge is -2.45. The van der Waals surface area contributed by atoms with Gasteiger partial charge in [-0.15, -0.1) is 5.06 Å². The zero-order valence-electron chi connectivity index (χ0n) is 20.8. The van der Waals surface area contributed by atoms with Crippen molar-refractivity contribution < 1.29 is 33.7 Å². The molecule has 9 heteroatoms. The van der Waals surface area contributed by atoms with Gasteiger partial charge in [-0.25, -0.2) is 4.84 Å². The molecule has 2 aromatic carbocycles. The minimum atomic E-state index is -1.22. The average Bonchev–Trinajstić information content (AvgIpc) is 2.86. The predicted octanol–water partition coefficient (Wildman–Crippen LogP) is 2.93. The van der Waals surface area contributed by atoms with Crippen LogP contribution in [0.5, 0.6) is 11.5 Å². The van der Waals surface area contributed by atoms with Gasteiger partial charge in [0, 0.05) is 13.7 Å². The largest absolute Gasteiger partial charge is 0.497 e. The first-order valence-electron chi connectivity index (χ1n) is 11.5. The van der Waals surface area contributed by atoms with Crippen molar-refractivity contribution in [3.05, 3.63) is 59.7 Å². The normalized spacial score (nSPS) is 19.8. The van der Waals surface area contributed by atoms with Crippen LogP contribution in [0.3, 0.4) is 0 Å². The number of carbonyl (C=O) groups excluding carboxylic acids is 2. The molecule has 0 aliphatic carbocycles. The van der Waals surface area contributed by atoms with E-state index < -0.39 is 30.0 Å². The Bertz CT molecular complexity index is 978. The number of nitrogens with zero attached hydrogens (tertiary/aromatic N) is 2. The quantitative estimate of drug-likeness (QED) is 0.383. The van der Waals surface area contributed by atoms with Crippen molar-refractivity contribution in [2.24, 2.45) is 5.92 Å². The van der Waals surface area contributed by atoms with E-state index in [-0.39, 0.29) is 19.3 Å². The smallest absolute Gasteiger partial charge is 0.274 e. The summed E-state index contributed by atoms with van der Waals surface area (Å²) in [7, 11) is 4.55. The number of carbonyl (C=O) groups is 2. The van der Waals surface area contributed by atoms with Gasteiger partial charge in [0.2, 0.25) is 0 Å². The maximum atomic E-state index is 13.6. The Morgan fingerprint density at radius 2 is 1.46 bits per heavy atom. The predicted molar refractivity (Wildman–Crippen MR) is 128 cm³/mol. The summed E-state index contributed by atoms with van der Waals surface area (Å²) >= 11 is 0. The Kier molecular flexibility index (Phi) is 9.22. The molecule has 1 aliphatic rings. The number of hydrogen-bond acceptors (Lipinski definition) is 8. The number of aliphatic hydroxyl groups is 1. The van der Waals surface area contributed by atoms with E-state index in [2.05, 4.69) is 0 Å². The van der Waals surface area contributed by atoms with Gasteiger partial charge in [-0.3, -0.25) is 14.5 Å². The lowest BCUT2D eigenvalue weighted by Crippen LogP contribution is -2.66. The first-order valence-corrected chi connectivity index (χ1v) is 11.5. The van der Waals surface area contributed by atoms with Gasteiger partial charge in [-0.2, -0.15) is 0 Å². The highest BCUT2D eigenvalue weighted by Gasteiger charge is 2.50. The molecule has 1 N–H and O–H groups in total. The number of amides is 2. The molecule has 0 bridgehead atoms. The molecule has 0 radical (unpaired) electrons. The molecule has 35 heavy (non-hydrogen) atoms. The molecule has 1 aliphatic heterocycles. The summed E-state index contributed by atoms with van der Waals surface area (Å²) in [4.78, 5) is 34.2. The van der Waals surface area contributed by atoms with Crippen LogP contribution in [0.15, 0.2) is 48.5 Å². The topological polar surface area (TPSA) is 97.8 Å². The van der Waals surface area contributed by atoms with E-state index in [1.807, 2.05) is 38.1 Å². The van der Waals surface area contributed by atoms with Crippen LogP contribution < -0.4 is 9.47 Å². The molecule has 1 heterocycles. The van der Waals surface area contributed by atoms with E-state index in [1.165, 1.54) is 7.11 Å². The molecule has 3 atom stereocenters. The summed E-state index contributed by atoms with van der Waals surface area (Å²) in [5.74, 6) is 0.353. The van der Waals surface area contributed by atoms with Gasteiger partial charge >= 0.3 is 0 Å². The number of ether oxygens (including phenoxy) is 3. The fraction of sp³-hybridized carbons (Fsp3) is 0.462. The highest BCUT2D eigenvalue weighted by Crippen LogP contribution is 2.33. The van der Waals surface area contributed by atoms with E-state index in [4.69, 9.17) is 19.0 Å². The Morgan fingerprint density at radius 1 is 0.886 bits per heavy atom. The zero-order chi connectivity index (χ0) is 25.5. The maximum Gasteiger partial charge on any atom is 0.274 e. The van der Waals surface area contributed by atoms with Gasteiger partial charge in [-0.1, -0.05) is 38.1 Å². The van der Waals surface area contributed by atoms with Crippen molar-refractivity contribution in [2.45, 2.75) is 45.0 Å². The lowest BCUT2D eigenvalue weighted by atomic mass is 9.91. The second-order valence-electron chi connectivity index (χ2n) is 8.84. The Labute approximate surface area is 206 Å². The number of rotatable bonds is 11. The van der Waals surface area contributed by atoms with Gasteiger partial charge in [0.05, 0.1) is 20.3 Å². The Morgan fingerprint density at radius 3 is 1.97 bits per heavy atom. The Balaban J connectivity index is 2.04. The molecule has 3 unspecified atom stereocenters. The highest BCUT2D eigenvalue weighted by atomic mass is 16.8. The van der Waals surface area contributed by atoms with Gasteiger partial charge in [0.25, 0.3) is 11.8 Å². The van der Waals surface area contributed by atoms with Crippen molar-refractivity contribution in [3.63, 3.8) is 0 Å². The molecule has 9 nitrogen and oxygen atoms in total. The van der Waals surface area contributed by atoms with Crippen LogP contribution in [0.2, 0.25) is 0 Å². The van der Waals surface area contributed by atoms with E-state index in [0.717, 1.165) is 10.6 Å². The highest BCUT2D eigenvalue weighted by molar-refractivity contribution is 6.02. The second kappa shape index (κ2) is 12.1. The molecule has 2 amide bonds. The molecule has 190 valence electrons. The second-order valence-corrected chi connectivity index (χ2v) is 8.84. The molecule has 1 saturated heterocycles. The zero-order valence-corrected chi connectivity index (χ0v) is 20.8. The Hall–Kier alpha value is -2.98. The average molecular weight is 487 g/mol. The summed E-state index contributed by atoms with van der Waals surface area (Å²) in [6.45, 7) is 4.01. The molecular weight excluding hydrogens is 452 g/mol. The van der Waals surface area contributed by atoms with Crippen molar-refractivity contribution in [1.82, 2.24) is 9.96 Å². The fourth-order valence-corrected chi connectivity index (χ4v) is 4.21. The summed E-state index contributed by atoms with van der Waals surface area (Å²) in [5.41, 5.74) is 1.39. The van der Waals surface area contributed by atoms with Crippen molar-refractivity contribution in [3.8, 4) is 11.5 Å². The van der Waals surface area contributed by atoms with Crippen LogP contribution in [-0.4, -0.2) is 67.1 Å². The standard InChI is InChI=1S/C26H34N2O7/c1-17(2)14-22-25(30)28(35-16-32-3)26(31)23(24(29)19-8-12-21(34-5)13-9-19)27(22)15-18-6-10-20(33-4)11-7-18/h6-13,17,22-24,29H,14-16H2,1-5H3.